The number of halogens is 2. The first-order chi connectivity index (χ1) is 15.5. The average Bonchev–Trinajstić information content (AvgIpc) is 2.80. The molecule has 1 fully saturated rings. The molecule has 32 heavy (non-hydrogen) atoms. The molecule has 2 aromatic carbocycles. The smallest absolute Gasteiger partial charge is 0.253 e. The molecule has 0 spiro atoms. The van der Waals surface area contributed by atoms with E-state index in [1.165, 1.54) is 18.3 Å². The molecule has 3 aromatic rings. The van der Waals surface area contributed by atoms with Crippen molar-refractivity contribution < 1.29 is 9.18 Å². The maximum atomic E-state index is 13.4. The van der Waals surface area contributed by atoms with Crippen LogP contribution in [-0.2, 0) is 6.54 Å². The van der Waals surface area contributed by atoms with Crippen LogP contribution in [0.1, 0.15) is 15.9 Å². The van der Waals surface area contributed by atoms with Gasteiger partial charge in [-0.15, -0.1) is 0 Å². The Morgan fingerprint density at radius 2 is 1.88 bits per heavy atom. The van der Waals surface area contributed by atoms with Gasteiger partial charge in [0.05, 0.1) is 6.20 Å². The van der Waals surface area contributed by atoms with E-state index in [-0.39, 0.29) is 11.7 Å². The Balaban J connectivity index is 1.39. The summed E-state index contributed by atoms with van der Waals surface area (Å²) in [6.45, 7) is 3.61. The molecule has 0 aliphatic carbocycles. The minimum absolute atomic E-state index is 0.0382. The largest absolute Gasteiger partial charge is 0.365 e. The zero-order valence-corrected chi connectivity index (χ0v) is 18.4. The van der Waals surface area contributed by atoms with E-state index in [0.717, 1.165) is 37.4 Å². The summed E-state index contributed by atoms with van der Waals surface area (Å²) >= 11 is 6.20. The van der Waals surface area contributed by atoms with Crippen molar-refractivity contribution in [1.82, 2.24) is 19.8 Å². The number of hydrogen-bond acceptors (Lipinski definition) is 6. The highest BCUT2D eigenvalue weighted by molar-refractivity contribution is 6.32. The zero-order chi connectivity index (χ0) is 22.5. The second-order valence-electron chi connectivity index (χ2n) is 7.67. The van der Waals surface area contributed by atoms with Crippen LogP contribution < -0.4 is 10.6 Å². The van der Waals surface area contributed by atoms with Gasteiger partial charge in [-0.1, -0.05) is 23.7 Å². The van der Waals surface area contributed by atoms with Gasteiger partial charge in [-0.05, 0) is 49.0 Å². The van der Waals surface area contributed by atoms with Crippen molar-refractivity contribution in [3.8, 4) is 0 Å². The van der Waals surface area contributed by atoms with Gasteiger partial charge >= 0.3 is 0 Å². The van der Waals surface area contributed by atoms with Gasteiger partial charge in [0, 0.05) is 44.0 Å². The van der Waals surface area contributed by atoms with Crippen molar-refractivity contribution in [3.63, 3.8) is 0 Å². The number of nitrogens with one attached hydrogen (secondary N) is 2. The van der Waals surface area contributed by atoms with E-state index in [9.17, 15) is 9.18 Å². The van der Waals surface area contributed by atoms with Crippen LogP contribution >= 0.6 is 11.6 Å². The maximum Gasteiger partial charge on any atom is 0.253 e. The Hall–Kier alpha value is -3.23. The predicted octanol–water partition coefficient (Wildman–Crippen LogP) is 4.01. The van der Waals surface area contributed by atoms with Gasteiger partial charge in [0.1, 0.15) is 10.8 Å². The Morgan fingerprint density at radius 3 is 2.59 bits per heavy atom. The quantitative estimate of drug-likeness (QED) is 0.586. The first kappa shape index (κ1) is 22.0. The van der Waals surface area contributed by atoms with E-state index >= 15 is 0 Å². The lowest BCUT2D eigenvalue weighted by atomic mass is 10.1. The topological polar surface area (TPSA) is 73.4 Å². The molecule has 0 bridgehead atoms. The van der Waals surface area contributed by atoms with E-state index in [1.807, 2.05) is 23.1 Å². The molecule has 0 saturated carbocycles. The van der Waals surface area contributed by atoms with Gasteiger partial charge in [0.2, 0.25) is 5.95 Å². The first-order valence-corrected chi connectivity index (χ1v) is 10.7. The summed E-state index contributed by atoms with van der Waals surface area (Å²) in [6, 6.07) is 13.5. The van der Waals surface area contributed by atoms with Crippen LogP contribution in [0, 0.1) is 5.82 Å². The number of amides is 1. The summed E-state index contributed by atoms with van der Waals surface area (Å²) in [6.07, 6.45) is 1.50. The predicted molar refractivity (Wildman–Crippen MR) is 124 cm³/mol. The highest BCUT2D eigenvalue weighted by atomic mass is 35.5. The number of benzene rings is 2. The average molecular weight is 455 g/mol. The third-order valence-electron chi connectivity index (χ3n) is 5.27. The Labute approximate surface area is 191 Å². The molecule has 0 unspecified atom stereocenters. The third-order valence-corrected chi connectivity index (χ3v) is 5.55. The Kier molecular flexibility index (Phi) is 6.82. The van der Waals surface area contributed by atoms with Crippen LogP contribution in [0.25, 0.3) is 0 Å². The van der Waals surface area contributed by atoms with Gasteiger partial charge in [0.15, 0.2) is 5.82 Å². The Bertz CT molecular complexity index is 1090. The van der Waals surface area contributed by atoms with Crippen LogP contribution in [-0.4, -0.2) is 58.9 Å². The van der Waals surface area contributed by atoms with E-state index in [4.69, 9.17) is 11.6 Å². The van der Waals surface area contributed by atoms with Crippen molar-refractivity contribution in [1.29, 1.82) is 0 Å². The van der Waals surface area contributed by atoms with Crippen molar-refractivity contribution in [2.45, 2.75) is 6.54 Å². The molecule has 1 saturated heterocycles. The number of nitrogens with zero attached hydrogens (tertiary/aromatic N) is 4. The number of aromatic nitrogens is 2. The van der Waals surface area contributed by atoms with Crippen molar-refractivity contribution >= 4 is 35.0 Å². The van der Waals surface area contributed by atoms with E-state index in [0.29, 0.717) is 28.9 Å². The highest BCUT2D eigenvalue weighted by Crippen LogP contribution is 2.22. The fourth-order valence-corrected chi connectivity index (χ4v) is 3.56. The van der Waals surface area contributed by atoms with Crippen molar-refractivity contribution in [3.05, 3.63) is 76.7 Å². The lowest BCUT2D eigenvalue weighted by Gasteiger charge is -2.32. The summed E-state index contributed by atoms with van der Waals surface area (Å²) < 4.78 is 13.4. The molecule has 2 heterocycles. The number of likely N-dealkylation sites (N-methyl/N-ethyl adjacent to an activating group) is 1. The van der Waals surface area contributed by atoms with Gasteiger partial charge in [-0.3, -0.25) is 4.79 Å². The van der Waals surface area contributed by atoms with Crippen LogP contribution in [0.3, 0.4) is 0 Å². The van der Waals surface area contributed by atoms with Crippen LogP contribution in [0.15, 0.2) is 54.7 Å². The van der Waals surface area contributed by atoms with Crippen LogP contribution in [0.4, 0.5) is 21.8 Å². The third kappa shape index (κ3) is 5.52. The fraction of sp³-hybridized carbons (Fsp3) is 0.261. The van der Waals surface area contributed by atoms with Crippen molar-refractivity contribution in [2.24, 2.45) is 0 Å². The lowest BCUT2D eigenvalue weighted by molar-refractivity contribution is 0.0664. The van der Waals surface area contributed by atoms with Gasteiger partial charge < -0.3 is 20.4 Å². The standard InChI is InChI=1S/C23H24ClFN6O/c1-30-9-11-31(12-10-30)22(32)17-5-7-19(8-6-17)28-23-27-15-20(24)21(29-23)26-14-16-3-2-4-18(25)13-16/h2-8,13,15H,9-12,14H2,1H3,(H2,26,27,28,29). The maximum absolute atomic E-state index is 13.4. The number of piperazine rings is 1. The van der Waals surface area contributed by atoms with Crippen LogP contribution in [0.5, 0.6) is 0 Å². The number of anilines is 3. The minimum atomic E-state index is -0.296. The molecule has 1 aliphatic rings. The molecule has 4 rings (SSSR count). The van der Waals surface area contributed by atoms with E-state index < -0.39 is 0 Å². The van der Waals surface area contributed by atoms with Gasteiger partial charge in [-0.25, -0.2) is 9.37 Å². The van der Waals surface area contributed by atoms with E-state index in [1.54, 1.807) is 18.2 Å². The molecule has 1 aromatic heterocycles. The zero-order valence-electron chi connectivity index (χ0n) is 17.7. The molecule has 166 valence electrons. The lowest BCUT2D eigenvalue weighted by Crippen LogP contribution is -2.47. The molecule has 9 heteroatoms. The summed E-state index contributed by atoms with van der Waals surface area (Å²) in [5.74, 6) is 0.538. The fourth-order valence-electron chi connectivity index (χ4n) is 3.40. The Morgan fingerprint density at radius 1 is 1.12 bits per heavy atom. The molecular formula is C23H24ClFN6O. The number of rotatable bonds is 6. The van der Waals surface area contributed by atoms with Gasteiger partial charge in [0.25, 0.3) is 5.91 Å². The second-order valence-corrected chi connectivity index (χ2v) is 8.08. The number of carbonyl (C=O) groups excluding carboxylic acids is 1. The summed E-state index contributed by atoms with van der Waals surface area (Å²) in [4.78, 5) is 25.4. The normalized spacial score (nSPS) is 14.3. The SMILES string of the molecule is CN1CCN(C(=O)c2ccc(Nc3ncc(Cl)c(NCc4cccc(F)c4)n3)cc2)CC1. The molecule has 1 aliphatic heterocycles. The molecule has 2 N–H and O–H groups in total. The monoisotopic (exact) mass is 454 g/mol. The number of carbonyl (C=O) groups is 1. The number of hydrogen-bond donors (Lipinski definition) is 2. The highest BCUT2D eigenvalue weighted by Gasteiger charge is 2.20. The molecule has 0 atom stereocenters. The summed E-state index contributed by atoms with van der Waals surface area (Å²) in [7, 11) is 2.06. The second kappa shape index (κ2) is 9.93. The van der Waals surface area contributed by atoms with Gasteiger partial charge in [-0.2, -0.15) is 4.98 Å². The molecule has 1 amide bonds. The van der Waals surface area contributed by atoms with E-state index in [2.05, 4.69) is 32.5 Å². The molecular weight excluding hydrogens is 431 g/mol. The summed E-state index contributed by atoms with van der Waals surface area (Å²) in [5, 5.41) is 6.58. The van der Waals surface area contributed by atoms with Crippen molar-refractivity contribution in [2.75, 3.05) is 43.9 Å². The molecule has 7 nitrogen and oxygen atoms in total. The molecule has 0 radical (unpaired) electrons. The first-order valence-electron chi connectivity index (χ1n) is 10.3. The summed E-state index contributed by atoms with van der Waals surface area (Å²) in [5.41, 5.74) is 2.17. The van der Waals surface area contributed by atoms with Crippen LogP contribution in [0.2, 0.25) is 5.02 Å². The minimum Gasteiger partial charge on any atom is -0.365 e.